The standard InChI is InChI=1S/C17H19N3O3/c1-19-11-13(10-18-19)17(21)20-6-2-3-14(20)12-4-5-15-16(9-12)23-8-7-22-15/h4-5,9-11,14H,2-3,6-8H2,1H3/t14-/m1/s1. The highest BCUT2D eigenvalue weighted by Crippen LogP contribution is 2.38. The molecule has 23 heavy (non-hydrogen) atoms. The molecule has 1 atom stereocenters. The second-order valence-electron chi connectivity index (χ2n) is 5.96. The van der Waals surface area contributed by atoms with E-state index < -0.39 is 0 Å². The number of aromatic nitrogens is 2. The fourth-order valence-electron chi connectivity index (χ4n) is 3.32. The van der Waals surface area contributed by atoms with Gasteiger partial charge in [-0.1, -0.05) is 6.07 Å². The highest BCUT2D eigenvalue weighted by molar-refractivity contribution is 5.94. The molecule has 6 heteroatoms. The first-order valence-electron chi connectivity index (χ1n) is 7.91. The van der Waals surface area contributed by atoms with Crippen molar-refractivity contribution in [2.24, 2.45) is 7.05 Å². The van der Waals surface area contributed by atoms with Crippen molar-refractivity contribution in [3.63, 3.8) is 0 Å². The molecule has 1 aromatic heterocycles. The van der Waals surface area contributed by atoms with E-state index >= 15 is 0 Å². The van der Waals surface area contributed by atoms with Gasteiger partial charge < -0.3 is 14.4 Å². The van der Waals surface area contributed by atoms with Gasteiger partial charge in [0.1, 0.15) is 13.2 Å². The van der Waals surface area contributed by atoms with Crippen LogP contribution in [0.25, 0.3) is 0 Å². The number of hydrogen-bond acceptors (Lipinski definition) is 4. The zero-order valence-electron chi connectivity index (χ0n) is 13.1. The summed E-state index contributed by atoms with van der Waals surface area (Å²) < 4.78 is 12.9. The zero-order valence-corrected chi connectivity index (χ0v) is 13.1. The van der Waals surface area contributed by atoms with Gasteiger partial charge in [0, 0.05) is 19.8 Å². The van der Waals surface area contributed by atoms with Crippen molar-refractivity contribution in [1.29, 1.82) is 0 Å². The predicted octanol–water partition coefficient (Wildman–Crippen LogP) is 2.17. The van der Waals surface area contributed by atoms with Crippen molar-refractivity contribution < 1.29 is 14.3 Å². The Morgan fingerprint density at radius 2 is 2.09 bits per heavy atom. The van der Waals surface area contributed by atoms with Crippen molar-refractivity contribution in [3.8, 4) is 11.5 Å². The summed E-state index contributed by atoms with van der Waals surface area (Å²) in [6.07, 6.45) is 5.36. The normalized spacial score (nSPS) is 19.9. The lowest BCUT2D eigenvalue weighted by atomic mass is 10.0. The maximum Gasteiger partial charge on any atom is 0.257 e. The number of likely N-dealkylation sites (tertiary alicyclic amines) is 1. The van der Waals surface area contributed by atoms with Crippen LogP contribution >= 0.6 is 0 Å². The predicted molar refractivity (Wildman–Crippen MR) is 83.7 cm³/mol. The Hall–Kier alpha value is -2.50. The van der Waals surface area contributed by atoms with Crippen LogP contribution in [0.5, 0.6) is 11.5 Å². The fourth-order valence-corrected chi connectivity index (χ4v) is 3.32. The minimum absolute atomic E-state index is 0.0375. The van der Waals surface area contributed by atoms with Crippen LogP contribution < -0.4 is 9.47 Å². The summed E-state index contributed by atoms with van der Waals surface area (Å²) in [7, 11) is 1.82. The van der Waals surface area contributed by atoms with Crippen LogP contribution in [0.2, 0.25) is 0 Å². The van der Waals surface area contributed by atoms with Crippen LogP contribution in [0, 0.1) is 0 Å². The number of hydrogen-bond donors (Lipinski definition) is 0. The number of aryl methyl sites for hydroxylation is 1. The smallest absolute Gasteiger partial charge is 0.257 e. The van der Waals surface area contributed by atoms with E-state index in [2.05, 4.69) is 5.10 Å². The molecule has 6 nitrogen and oxygen atoms in total. The third kappa shape index (κ3) is 2.54. The number of amides is 1. The molecular formula is C17H19N3O3. The summed E-state index contributed by atoms with van der Waals surface area (Å²) in [5.41, 5.74) is 1.74. The molecule has 2 aliphatic rings. The van der Waals surface area contributed by atoms with Crippen LogP contribution in [0.15, 0.2) is 30.6 Å². The van der Waals surface area contributed by atoms with Gasteiger partial charge in [0.05, 0.1) is 17.8 Å². The molecule has 0 bridgehead atoms. The highest BCUT2D eigenvalue weighted by atomic mass is 16.6. The van der Waals surface area contributed by atoms with E-state index in [0.29, 0.717) is 18.8 Å². The average molecular weight is 313 g/mol. The minimum atomic E-state index is 0.0375. The van der Waals surface area contributed by atoms with Crippen LogP contribution in [-0.4, -0.2) is 40.3 Å². The van der Waals surface area contributed by atoms with E-state index in [0.717, 1.165) is 36.4 Å². The lowest BCUT2D eigenvalue weighted by Gasteiger charge is -2.26. The van der Waals surface area contributed by atoms with Gasteiger partial charge in [0.2, 0.25) is 0 Å². The van der Waals surface area contributed by atoms with Crippen molar-refractivity contribution in [3.05, 3.63) is 41.7 Å². The summed E-state index contributed by atoms with van der Waals surface area (Å²) in [6, 6.07) is 6.06. The number of rotatable bonds is 2. The summed E-state index contributed by atoms with van der Waals surface area (Å²) in [6.45, 7) is 1.92. The maximum atomic E-state index is 12.7. The molecule has 0 saturated carbocycles. The lowest BCUT2D eigenvalue weighted by Crippen LogP contribution is -2.30. The molecule has 120 valence electrons. The van der Waals surface area contributed by atoms with Gasteiger partial charge in [-0.25, -0.2) is 0 Å². The topological polar surface area (TPSA) is 56.6 Å². The van der Waals surface area contributed by atoms with Gasteiger partial charge in [0.15, 0.2) is 11.5 Å². The molecule has 2 aliphatic heterocycles. The van der Waals surface area contributed by atoms with Gasteiger partial charge in [0.25, 0.3) is 5.91 Å². The Bertz CT molecular complexity index is 740. The van der Waals surface area contributed by atoms with E-state index in [1.165, 1.54) is 0 Å². The van der Waals surface area contributed by atoms with Gasteiger partial charge in [-0.15, -0.1) is 0 Å². The molecular weight excluding hydrogens is 294 g/mol. The molecule has 1 saturated heterocycles. The van der Waals surface area contributed by atoms with Crippen molar-refractivity contribution in [1.82, 2.24) is 14.7 Å². The van der Waals surface area contributed by atoms with Gasteiger partial charge in [-0.05, 0) is 30.5 Å². The largest absolute Gasteiger partial charge is 0.486 e. The maximum absolute atomic E-state index is 12.7. The van der Waals surface area contributed by atoms with Crippen molar-refractivity contribution >= 4 is 5.91 Å². The Morgan fingerprint density at radius 3 is 2.87 bits per heavy atom. The molecule has 1 amide bonds. The first kappa shape index (κ1) is 14.1. The molecule has 2 aromatic rings. The summed E-state index contributed by atoms with van der Waals surface area (Å²) in [4.78, 5) is 14.7. The van der Waals surface area contributed by atoms with E-state index in [-0.39, 0.29) is 11.9 Å². The van der Waals surface area contributed by atoms with E-state index in [4.69, 9.17) is 9.47 Å². The number of benzene rings is 1. The molecule has 0 unspecified atom stereocenters. The molecule has 3 heterocycles. The number of carbonyl (C=O) groups is 1. The Kier molecular flexibility index (Phi) is 3.44. The molecule has 0 N–H and O–H groups in total. The van der Waals surface area contributed by atoms with E-state index in [1.54, 1.807) is 17.1 Å². The minimum Gasteiger partial charge on any atom is -0.486 e. The lowest BCUT2D eigenvalue weighted by molar-refractivity contribution is 0.0735. The van der Waals surface area contributed by atoms with E-state index in [1.807, 2.05) is 30.1 Å². The Morgan fingerprint density at radius 1 is 1.26 bits per heavy atom. The second-order valence-corrected chi connectivity index (χ2v) is 5.96. The molecule has 4 rings (SSSR count). The average Bonchev–Trinajstić information content (AvgIpc) is 3.23. The van der Waals surface area contributed by atoms with E-state index in [9.17, 15) is 4.79 Å². The highest BCUT2D eigenvalue weighted by Gasteiger charge is 2.31. The monoisotopic (exact) mass is 313 g/mol. The van der Waals surface area contributed by atoms with Gasteiger partial charge in [-0.2, -0.15) is 5.10 Å². The summed E-state index contributed by atoms with van der Waals surface area (Å²) >= 11 is 0. The third-order valence-electron chi connectivity index (χ3n) is 4.42. The SMILES string of the molecule is Cn1cc(C(=O)N2CCC[C@@H]2c2ccc3c(c2)OCCO3)cn1. The number of carbonyl (C=O) groups excluding carboxylic acids is 1. The fraction of sp³-hybridized carbons (Fsp3) is 0.412. The quantitative estimate of drug-likeness (QED) is 0.852. The van der Waals surface area contributed by atoms with Crippen molar-refractivity contribution in [2.45, 2.75) is 18.9 Å². The Labute approximate surface area is 134 Å². The molecule has 0 spiro atoms. The first-order chi connectivity index (χ1) is 11.2. The molecule has 1 aromatic carbocycles. The summed E-state index contributed by atoms with van der Waals surface area (Å²) in [5, 5.41) is 4.10. The third-order valence-corrected chi connectivity index (χ3v) is 4.42. The number of fused-ring (bicyclic) bond motifs is 1. The van der Waals surface area contributed by atoms with Crippen LogP contribution in [0.1, 0.15) is 34.8 Å². The first-order valence-corrected chi connectivity index (χ1v) is 7.91. The second kappa shape index (κ2) is 5.61. The van der Waals surface area contributed by atoms with Crippen molar-refractivity contribution in [2.75, 3.05) is 19.8 Å². The zero-order chi connectivity index (χ0) is 15.8. The van der Waals surface area contributed by atoms with Crippen LogP contribution in [-0.2, 0) is 7.05 Å². The number of nitrogens with zero attached hydrogens (tertiary/aromatic N) is 3. The molecule has 0 aliphatic carbocycles. The number of ether oxygens (including phenoxy) is 2. The Balaban J connectivity index is 1.61. The van der Waals surface area contributed by atoms with Gasteiger partial charge >= 0.3 is 0 Å². The van der Waals surface area contributed by atoms with Crippen LogP contribution in [0.3, 0.4) is 0 Å². The van der Waals surface area contributed by atoms with Crippen LogP contribution in [0.4, 0.5) is 0 Å². The molecule has 0 radical (unpaired) electrons. The molecule has 1 fully saturated rings. The summed E-state index contributed by atoms with van der Waals surface area (Å²) in [5.74, 6) is 1.59. The van der Waals surface area contributed by atoms with Gasteiger partial charge in [-0.3, -0.25) is 9.48 Å².